The number of carbonyl (C=O) groups excluding carboxylic acids is 4. The van der Waals surface area contributed by atoms with Gasteiger partial charge in [-0.3, -0.25) is 19.2 Å². The fourth-order valence-corrected chi connectivity index (χ4v) is 10.1. The number of unbranched alkanes of at least 4 members (excludes halogenated alkanes) is 24. The minimum absolute atomic E-state index is 0.146. The molecular weight excluding hydrogens is 937 g/mol. The van der Waals surface area contributed by atoms with E-state index in [1.54, 1.807) is 6.07 Å². The summed E-state index contributed by atoms with van der Waals surface area (Å²) in [6, 6.07) is 3.11. The van der Waals surface area contributed by atoms with Crippen LogP contribution in [0.1, 0.15) is 300 Å². The Morgan fingerprint density at radius 2 is 0.960 bits per heavy atom. The molecule has 1 aromatic rings. The highest BCUT2D eigenvalue weighted by Crippen LogP contribution is 2.42. The van der Waals surface area contributed by atoms with E-state index in [1.165, 1.54) is 192 Å². The molecule has 1 aliphatic carbocycles. The molecule has 75 heavy (non-hydrogen) atoms. The number of carbonyl (C=O) groups is 4. The summed E-state index contributed by atoms with van der Waals surface area (Å²) in [6.45, 7) is 27.1. The lowest BCUT2D eigenvalue weighted by atomic mass is 9.66. The third kappa shape index (κ3) is 35.0. The molecule has 6 atom stereocenters. The summed E-state index contributed by atoms with van der Waals surface area (Å²) in [6.07, 6.45) is 44.2. The highest BCUT2D eigenvalue weighted by atomic mass is 16.4. The topological polar surface area (TPSA) is 166 Å². The van der Waals surface area contributed by atoms with Gasteiger partial charge in [-0.2, -0.15) is 0 Å². The number of hydrogen-bond donors (Lipinski definition) is 5. The Kier molecular flexibility index (Phi) is 53.5. The number of nitrogens with one attached hydrogen (secondary N) is 2. The molecular formula is C65H122N2O8. The molecule has 0 spiro atoms. The molecule has 0 aliphatic heterocycles. The predicted octanol–water partition coefficient (Wildman–Crippen LogP) is 17.7. The third-order valence-electron chi connectivity index (χ3n) is 14.7. The Morgan fingerprint density at radius 1 is 0.613 bits per heavy atom. The summed E-state index contributed by atoms with van der Waals surface area (Å²) in [5, 5.41) is 39.6. The van der Waals surface area contributed by atoms with Gasteiger partial charge >= 0.3 is 0 Å². The highest BCUT2D eigenvalue weighted by molar-refractivity contribution is 6.02. The van der Waals surface area contributed by atoms with Crippen LogP contribution in [0.25, 0.3) is 0 Å². The average Bonchev–Trinajstić information content (AvgIpc) is 3.99. The molecule has 0 bridgehead atoms. The summed E-state index contributed by atoms with van der Waals surface area (Å²) < 4.78 is 5.32. The van der Waals surface area contributed by atoms with Crippen LogP contribution in [-0.2, 0) is 24.8 Å². The first-order chi connectivity index (χ1) is 36.4. The quantitative estimate of drug-likeness (QED) is 0.0187. The largest absolute Gasteiger partial charge is 0.509 e. The molecule has 10 nitrogen and oxygen atoms in total. The molecule has 440 valence electrons. The molecule has 5 N–H and O–H groups in total. The molecule has 1 fully saturated rings. The van der Waals surface area contributed by atoms with Crippen molar-refractivity contribution in [1.29, 1.82) is 0 Å². The normalized spacial score (nSPS) is 16.6. The molecule has 1 aliphatic rings. The van der Waals surface area contributed by atoms with Gasteiger partial charge in [-0.25, -0.2) is 0 Å². The summed E-state index contributed by atoms with van der Waals surface area (Å²) in [4.78, 5) is 51.1. The van der Waals surface area contributed by atoms with Crippen molar-refractivity contribution in [1.82, 2.24) is 10.6 Å². The van der Waals surface area contributed by atoms with Gasteiger partial charge < -0.3 is 30.4 Å². The van der Waals surface area contributed by atoms with Crippen LogP contribution < -0.4 is 10.6 Å². The number of ketones is 2. The Morgan fingerprint density at radius 3 is 1.31 bits per heavy atom. The number of amides is 2. The van der Waals surface area contributed by atoms with E-state index in [-0.39, 0.29) is 11.7 Å². The minimum atomic E-state index is -2.65. The van der Waals surface area contributed by atoms with Gasteiger partial charge in [0, 0.05) is 25.9 Å². The smallest absolute Gasteiger partial charge is 0.260 e. The second kappa shape index (κ2) is 52.8. The maximum Gasteiger partial charge on any atom is 0.260 e. The first kappa shape index (κ1) is 76.0. The lowest BCUT2D eigenvalue weighted by Gasteiger charge is -2.40. The summed E-state index contributed by atoms with van der Waals surface area (Å²) in [7, 11) is 0. The van der Waals surface area contributed by atoms with Gasteiger partial charge in [-0.05, 0) is 62.7 Å². The van der Waals surface area contributed by atoms with Crippen LogP contribution >= 0.6 is 0 Å². The van der Waals surface area contributed by atoms with E-state index < -0.39 is 59.1 Å². The zero-order chi connectivity index (χ0) is 57.0. The van der Waals surface area contributed by atoms with Gasteiger partial charge in [0.15, 0.2) is 0 Å². The van der Waals surface area contributed by atoms with Crippen molar-refractivity contribution in [3.05, 3.63) is 48.6 Å². The van der Waals surface area contributed by atoms with Crippen LogP contribution in [-0.4, -0.2) is 57.9 Å². The minimum Gasteiger partial charge on any atom is -0.509 e. The van der Waals surface area contributed by atoms with Crippen molar-refractivity contribution in [2.24, 2.45) is 23.7 Å². The van der Waals surface area contributed by atoms with E-state index in [0.29, 0.717) is 12.5 Å². The summed E-state index contributed by atoms with van der Waals surface area (Å²) >= 11 is 0. The van der Waals surface area contributed by atoms with Crippen LogP contribution in [0.2, 0.25) is 0 Å². The van der Waals surface area contributed by atoms with E-state index in [9.17, 15) is 34.5 Å². The number of rotatable bonds is 43. The second-order valence-electron chi connectivity index (χ2n) is 20.7. The first-order valence-electron chi connectivity index (χ1n) is 31.4. The number of aliphatic hydroxyl groups is 3. The molecule has 1 saturated carbocycles. The van der Waals surface area contributed by atoms with Crippen LogP contribution in [0.15, 0.2) is 47.3 Å². The van der Waals surface area contributed by atoms with Gasteiger partial charge in [0.1, 0.15) is 28.7 Å². The number of furan rings is 1. The van der Waals surface area contributed by atoms with Crippen LogP contribution in [0.4, 0.5) is 0 Å². The van der Waals surface area contributed by atoms with Gasteiger partial charge in [-0.1, -0.05) is 262 Å². The summed E-state index contributed by atoms with van der Waals surface area (Å²) in [5.74, 6) is -4.33. The molecule has 2 rings (SSSR count). The molecule has 6 unspecified atom stereocenters. The van der Waals surface area contributed by atoms with E-state index >= 15 is 0 Å². The molecule has 2 amide bonds. The Labute approximate surface area is 462 Å². The van der Waals surface area contributed by atoms with Gasteiger partial charge in [0.25, 0.3) is 5.91 Å². The zero-order valence-corrected chi connectivity index (χ0v) is 50.8. The number of Topliss-reactive ketones (excluding diaryl/α,β-unsaturated/α-hetero) is 2. The Bertz CT molecular complexity index is 1490. The third-order valence-corrected chi connectivity index (χ3v) is 14.7. The molecule has 10 heteroatoms. The van der Waals surface area contributed by atoms with Crippen molar-refractivity contribution in [2.75, 3.05) is 13.1 Å². The van der Waals surface area contributed by atoms with Gasteiger partial charge in [0.05, 0.1) is 18.1 Å². The molecule has 0 aromatic carbocycles. The number of allylic oxidation sites excluding steroid dienone is 2. The fourth-order valence-electron chi connectivity index (χ4n) is 10.1. The van der Waals surface area contributed by atoms with E-state index in [1.807, 2.05) is 41.5 Å². The maximum atomic E-state index is 13.7. The SMILES string of the molecule is C=C/C=C(\O)C(O)(C(=O)NCC(CCCCCCCC)CCCCCCCCCC)C1CC(=O)C(C(C)(O)c2ccco2)CC1=O.CC.CC.CC.CCCCCCCCCCC(CCCCCCCC)CNC=O. The first-order valence-corrected chi connectivity index (χ1v) is 31.4. The van der Waals surface area contributed by atoms with Crippen LogP contribution in [0, 0.1) is 23.7 Å². The second-order valence-corrected chi connectivity index (χ2v) is 20.7. The molecule has 1 aromatic heterocycles. The zero-order valence-electron chi connectivity index (χ0n) is 50.8. The monoisotopic (exact) mass is 1060 g/mol. The molecule has 0 radical (unpaired) electrons. The van der Waals surface area contributed by atoms with E-state index in [0.717, 1.165) is 57.6 Å². The molecule has 1 heterocycles. The van der Waals surface area contributed by atoms with E-state index in [2.05, 4.69) is 44.9 Å². The average molecular weight is 1060 g/mol. The van der Waals surface area contributed by atoms with Gasteiger partial charge in [-0.15, -0.1) is 0 Å². The highest BCUT2D eigenvalue weighted by Gasteiger charge is 2.57. The predicted molar refractivity (Wildman–Crippen MR) is 319 cm³/mol. The van der Waals surface area contributed by atoms with E-state index in [4.69, 9.17) is 4.42 Å². The van der Waals surface area contributed by atoms with Crippen molar-refractivity contribution < 1.29 is 38.9 Å². The molecule has 0 saturated heterocycles. The van der Waals surface area contributed by atoms with Gasteiger partial charge in [0.2, 0.25) is 12.0 Å². The van der Waals surface area contributed by atoms with Crippen molar-refractivity contribution in [2.45, 2.75) is 306 Å². The standard InChI is InChI=1S/C38H61NO7.C21H43NO.3C2H6/c1-5-8-10-12-14-15-17-19-23-29(22-18-16-13-11-9-6-2)28-39-36(43)38(45,34(42)21-7-3)31-27-32(40)30(26-33(31)41)37(4,44)35-24-20-25-46-35;1-3-5-7-9-11-12-14-16-18-21(19-22-20-23)17-15-13-10-8-6-4-2;3*1-2/h7,20-21,24-25,29-31,42,44-45H,3,5-6,8-19,22-23,26-28H2,1-2,4H3,(H,39,43);20-21H,3-19H2,1-2H3,(H,22,23);3*1-2H3/b34-21-;;;;. The van der Waals surface area contributed by atoms with Crippen molar-refractivity contribution in [3.63, 3.8) is 0 Å². The Balaban J connectivity index is -0.00000150. The van der Waals surface area contributed by atoms with Crippen molar-refractivity contribution in [3.8, 4) is 0 Å². The lowest BCUT2D eigenvalue weighted by Crippen LogP contribution is -2.59. The van der Waals surface area contributed by atoms with Crippen LogP contribution in [0.5, 0.6) is 0 Å². The number of hydrogen-bond acceptors (Lipinski definition) is 8. The number of aliphatic hydroxyl groups excluding tert-OH is 1. The van der Waals surface area contributed by atoms with Crippen LogP contribution in [0.3, 0.4) is 0 Å². The lowest BCUT2D eigenvalue weighted by molar-refractivity contribution is -0.162. The summed E-state index contributed by atoms with van der Waals surface area (Å²) in [5.41, 5.74) is -4.40. The Hall–Kier alpha value is -3.24. The van der Waals surface area contributed by atoms with Crippen molar-refractivity contribution >= 4 is 23.9 Å². The maximum absolute atomic E-state index is 13.7. The fraction of sp³-hybridized carbons (Fsp3) is 0.815.